The van der Waals surface area contributed by atoms with Crippen LogP contribution in [0.15, 0.2) is 14.7 Å². The van der Waals surface area contributed by atoms with E-state index in [2.05, 4.69) is 15.9 Å². The molecule has 0 atom stereocenters. The SMILES string of the molecule is Cc1sc(Br)cc1S(=O)(=O)N(CCC(=O)O)C(C)(C)C. The molecule has 0 fully saturated rings. The highest BCUT2D eigenvalue weighted by Crippen LogP contribution is 2.33. The second kappa shape index (κ2) is 6.13. The molecule has 0 radical (unpaired) electrons. The van der Waals surface area contributed by atoms with E-state index in [0.717, 1.165) is 3.79 Å². The van der Waals surface area contributed by atoms with Crippen molar-refractivity contribution in [1.29, 1.82) is 0 Å². The van der Waals surface area contributed by atoms with Gasteiger partial charge in [-0.15, -0.1) is 11.3 Å². The fraction of sp³-hybridized carbons (Fsp3) is 0.583. The highest BCUT2D eigenvalue weighted by Gasteiger charge is 2.35. The quantitative estimate of drug-likeness (QED) is 0.847. The molecule has 0 unspecified atom stereocenters. The van der Waals surface area contributed by atoms with Crippen LogP contribution in [0.3, 0.4) is 0 Å². The van der Waals surface area contributed by atoms with E-state index in [-0.39, 0.29) is 17.9 Å². The molecule has 1 heterocycles. The third-order valence-electron chi connectivity index (χ3n) is 2.69. The number of rotatable bonds is 5. The lowest BCUT2D eigenvalue weighted by molar-refractivity contribution is -0.137. The predicted molar refractivity (Wildman–Crippen MR) is 82.7 cm³/mol. The summed E-state index contributed by atoms with van der Waals surface area (Å²) in [7, 11) is -3.71. The Morgan fingerprint density at radius 1 is 1.45 bits per heavy atom. The van der Waals surface area contributed by atoms with Gasteiger partial charge in [-0.1, -0.05) is 0 Å². The minimum atomic E-state index is -3.71. The first-order valence-electron chi connectivity index (χ1n) is 5.97. The zero-order chi connectivity index (χ0) is 15.7. The van der Waals surface area contributed by atoms with Crippen molar-refractivity contribution in [2.75, 3.05) is 6.54 Å². The maximum atomic E-state index is 12.7. The molecule has 20 heavy (non-hydrogen) atoms. The minimum Gasteiger partial charge on any atom is -0.481 e. The van der Waals surface area contributed by atoms with Gasteiger partial charge in [0.1, 0.15) is 0 Å². The summed E-state index contributed by atoms with van der Waals surface area (Å²) in [6.45, 7) is 6.95. The van der Waals surface area contributed by atoms with Gasteiger partial charge in [0.25, 0.3) is 0 Å². The first-order chi connectivity index (χ1) is 8.96. The molecule has 114 valence electrons. The number of thiophene rings is 1. The summed E-state index contributed by atoms with van der Waals surface area (Å²) in [5.41, 5.74) is -0.685. The molecule has 5 nitrogen and oxygen atoms in total. The van der Waals surface area contributed by atoms with Crippen molar-refractivity contribution in [1.82, 2.24) is 4.31 Å². The molecule has 8 heteroatoms. The van der Waals surface area contributed by atoms with Gasteiger partial charge in [-0.2, -0.15) is 4.31 Å². The molecule has 0 aliphatic carbocycles. The normalized spacial score (nSPS) is 12.9. The van der Waals surface area contributed by atoms with Crippen LogP contribution in [0.5, 0.6) is 0 Å². The van der Waals surface area contributed by atoms with Gasteiger partial charge >= 0.3 is 5.97 Å². The molecule has 0 amide bonds. The van der Waals surface area contributed by atoms with Crippen LogP contribution >= 0.6 is 27.3 Å². The smallest absolute Gasteiger partial charge is 0.304 e. The van der Waals surface area contributed by atoms with Gasteiger partial charge < -0.3 is 5.11 Å². The molecule has 0 bridgehead atoms. The lowest BCUT2D eigenvalue weighted by atomic mass is 10.1. The number of hydrogen-bond donors (Lipinski definition) is 1. The third-order valence-corrected chi connectivity index (χ3v) is 6.66. The van der Waals surface area contributed by atoms with Crippen LogP contribution in [-0.2, 0) is 14.8 Å². The fourth-order valence-electron chi connectivity index (χ4n) is 1.82. The minimum absolute atomic E-state index is 0.0475. The lowest BCUT2D eigenvalue weighted by Gasteiger charge is -2.34. The Balaban J connectivity index is 3.25. The second-order valence-electron chi connectivity index (χ2n) is 5.36. The first-order valence-corrected chi connectivity index (χ1v) is 9.02. The molecule has 1 aromatic heterocycles. The average molecular weight is 384 g/mol. The number of carbonyl (C=O) groups is 1. The van der Waals surface area contributed by atoms with Crippen LogP contribution in [0.1, 0.15) is 32.1 Å². The molecule has 0 saturated carbocycles. The molecule has 0 aliphatic heterocycles. The van der Waals surface area contributed by atoms with Gasteiger partial charge in [0.15, 0.2) is 0 Å². The molecular weight excluding hydrogens is 366 g/mol. The number of nitrogens with zero attached hydrogens (tertiary/aromatic N) is 1. The molecule has 1 N–H and O–H groups in total. The van der Waals surface area contributed by atoms with Crippen LogP contribution in [0.2, 0.25) is 0 Å². The van der Waals surface area contributed by atoms with Crippen LogP contribution in [-0.4, -0.2) is 35.9 Å². The largest absolute Gasteiger partial charge is 0.481 e. The van der Waals surface area contributed by atoms with Crippen molar-refractivity contribution >= 4 is 43.3 Å². The van der Waals surface area contributed by atoms with Gasteiger partial charge in [0.05, 0.1) is 15.1 Å². The van der Waals surface area contributed by atoms with Crippen molar-refractivity contribution in [2.24, 2.45) is 0 Å². The zero-order valence-electron chi connectivity index (χ0n) is 11.8. The Hall–Kier alpha value is -0.440. The first kappa shape index (κ1) is 17.6. The van der Waals surface area contributed by atoms with Gasteiger partial charge in [-0.3, -0.25) is 4.79 Å². The molecule has 0 spiro atoms. The fourth-order valence-corrected chi connectivity index (χ4v) is 5.99. The number of aliphatic carboxylic acids is 1. The number of carboxylic acids is 1. The Morgan fingerprint density at radius 2 is 2.00 bits per heavy atom. The van der Waals surface area contributed by atoms with Crippen molar-refractivity contribution in [3.05, 3.63) is 14.7 Å². The van der Waals surface area contributed by atoms with Crippen LogP contribution in [0, 0.1) is 6.92 Å². The maximum absolute atomic E-state index is 12.7. The van der Waals surface area contributed by atoms with E-state index in [1.807, 2.05) is 0 Å². The molecular formula is C12H18BrNO4S2. The van der Waals surface area contributed by atoms with E-state index in [9.17, 15) is 13.2 Å². The Morgan fingerprint density at radius 3 is 2.35 bits per heavy atom. The Bertz CT molecular complexity index is 601. The number of aryl methyl sites for hydroxylation is 1. The Labute approximate surface area is 131 Å². The molecule has 0 aliphatic rings. The number of halogens is 1. The van der Waals surface area contributed by atoms with Gasteiger partial charge in [0.2, 0.25) is 10.0 Å². The summed E-state index contributed by atoms with van der Waals surface area (Å²) in [6.07, 6.45) is -0.221. The Kier molecular flexibility index (Phi) is 5.40. The monoisotopic (exact) mass is 383 g/mol. The summed E-state index contributed by atoms with van der Waals surface area (Å²) in [6, 6.07) is 1.56. The maximum Gasteiger partial charge on any atom is 0.304 e. The lowest BCUT2D eigenvalue weighted by Crippen LogP contribution is -2.46. The number of hydrogen-bond acceptors (Lipinski definition) is 4. The van der Waals surface area contributed by atoms with E-state index in [0.29, 0.717) is 4.88 Å². The second-order valence-corrected chi connectivity index (χ2v) is 9.83. The summed E-state index contributed by atoms with van der Waals surface area (Å²) < 4.78 is 27.5. The summed E-state index contributed by atoms with van der Waals surface area (Å²) in [5.74, 6) is -1.02. The van der Waals surface area contributed by atoms with Crippen LogP contribution in [0.25, 0.3) is 0 Å². The average Bonchev–Trinajstić information content (AvgIpc) is 2.55. The van der Waals surface area contributed by atoms with E-state index in [4.69, 9.17) is 5.11 Å². The summed E-state index contributed by atoms with van der Waals surface area (Å²) >= 11 is 4.62. The standard InChI is InChI=1S/C12H18BrNO4S2/c1-8-9(7-10(13)19-8)20(17,18)14(12(2,3)4)6-5-11(15)16/h7H,5-6H2,1-4H3,(H,15,16). The molecule has 1 rings (SSSR count). The molecule has 0 aromatic carbocycles. The molecule has 1 aromatic rings. The predicted octanol–water partition coefficient (Wildman–Crippen LogP) is 3.08. The number of sulfonamides is 1. The zero-order valence-corrected chi connectivity index (χ0v) is 15.0. The van der Waals surface area contributed by atoms with Gasteiger partial charge in [-0.05, 0) is 49.7 Å². The highest BCUT2D eigenvalue weighted by atomic mass is 79.9. The van der Waals surface area contributed by atoms with Crippen molar-refractivity contribution in [2.45, 2.75) is 44.6 Å². The van der Waals surface area contributed by atoms with E-state index >= 15 is 0 Å². The van der Waals surface area contributed by atoms with Crippen LogP contribution in [0.4, 0.5) is 0 Å². The highest BCUT2D eigenvalue weighted by molar-refractivity contribution is 9.11. The van der Waals surface area contributed by atoms with Gasteiger partial charge in [0, 0.05) is 17.0 Å². The van der Waals surface area contributed by atoms with Crippen molar-refractivity contribution in [3.63, 3.8) is 0 Å². The van der Waals surface area contributed by atoms with Crippen LogP contribution < -0.4 is 0 Å². The van der Waals surface area contributed by atoms with Gasteiger partial charge in [-0.25, -0.2) is 8.42 Å². The van der Waals surface area contributed by atoms with E-state index in [1.54, 1.807) is 33.8 Å². The summed E-state index contributed by atoms with van der Waals surface area (Å²) in [5, 5.41) is 8.80. The molecule has 0 saturated heterocycles. The third kappa shape index (κ3) is 4.03. The van der Waals surface area contributed by atoms with Crippen molar-refractivity contribution < 1.29 is 18.3 Å². The number of carboxylic acid groups (broad SMARTS) is 1. The van der Waals surface area contributed by atoms with E-state index < -0.39 is 21.5 Å². The topological polar surface area (TPSA) is 74.7 Å². The van der Waals surface area contributed by atoms with Crippen molar-refractivity contribution in [3.8, 4) is 0 Å². The summed E-state index contributed by atoms with van der Waals surface area (Å²) in [4.78, 5) is 11.7. The van der Waals surface area contributed by atoms with E-state index in [1.165, 1.54) is 15.6 Å².